The van der Waals surface area contributed by atoms with E-state index >= 15 is 0 Å². The first-order chi connectivity index (χ1) is 9.16. The van der Waals surface area contributed by atoms with Gasteiger partial charge in [-0.05, 0) is 34.7 Å². The van der Waals surface area contributed by atoms with Gasteiger partial charge < -0.3 is 11.1 Å². The van der Waals surface area contributed by atoms with E-state index in [2.05, 4.69) is 53.8 Å². The summed E-state index contributed by atoms with van der Waals surface area (Å²) in [4.78, 5) is 4.40. The predicted molar refractivity (Wildman–Crippen MR) is 84.6 cm³/mol. The van der Waals surface area contributed by atoms with Crippen molar-refractivity contribution in [3.05, 3.63) is 35.2 Å². The summed E-state index contributed by atoms with van der Waals surface area (Å²) in [5.74, 6) is 1.22. The topological polar surface area (TPSA) is 50.4 Å². The van der Waals surface area contributed by atoms with Crippen LogP contribution in [-0.4, -0.2) is 12.5 Å². The Labute approximate surface area is 118 Å². The molecule has 3 nitrogen and oxygen atoms in total. The fraction of sp³-hybridized carbons (Fsp3) is 0.400. The molecule has 0 bridgehead atoms. The molecule has 102 valence electrons. The van der Waals surface area contributed by atoms with Crippen LogP contribution in [0.2, 0.25) is 0 Å². The summed E-state index contributed by atoms with van der Waals surface area (Å²) in [6.45, 7) is 5.93. The molecule has 0 fully saturated rings. The smallest absolute Gasteiger partial charge is 0.188 e. The summed E-state index contributed by atoms with van der Waals surface area (Å²) in [6.07, 6.45) is 1.11. The van der Waals surface area contributed by atoms with Gasteiger partial charge in [0, 0.05) is 11.2 Å². The number of hydrogen-bond donors (Lipinski definition) is 2. The van der Waals surface area contributed by atoms with E-state index < -0.39 is 0 Å². The molecule has 0 aliphatic carbocycles. The Morgan fingerprint density at radius 1 is 1.37 bits per heavy atom. The molecule has 4 heteroatoms. The van der Waals surface area contributed by atoms with E-state index in [1.165, 1.54) is 15.6 Å². The first-order valence-corrected chi connectivity index (χ1v) is 7.53. The molecule has 0 aliphatic rings. The summed E-state index contributed by atoms with van der Waals surface area (Å²) >= 11 is 1.76. The summed E-state index contributed by atoms with van der Waals surface area (Å²) in [5.41, 5.74) is 7.11. The van der Waals surface area contributed by atoms with Gasteiger partial charge in [0.05, 0.1) is 6.54 Å². The van der Waals surface area contributed by atoms with E-state index in [-0.39, 0.29) is 0 Å². The molecule has 0 unspecified atom stereocenters. The summed E-state index contributed by atoms with van der Waals surface area (Å²) in [5, 5.41) is 6.60. The van der Waals surface area contributed by atoms with Crippen LogP contribution in [0.3, 0.4) is 0 Å². The van der Waals surface area contributed by atoms with Crippen LogP contribution in [0.15, 0.2) is 34.6 Å². The van der Waals surface area contributed by atoms with E-state index in [9.17, 15) is 0 Å². The molecular formula is C15H21N3S. The summed E-state index contributed by atoms with van der Waals surface area (Å²) in [7, 11) is 0. The molecule has 0 saturated carbocycles. The lowest BCUT2D eigenvalue weighted by Crippen LogP contribution is -2.32. The number of nitrogens with one attached hydrogen (secondary N) is 1. The van der Waals surface area contributed by atoms with Gasteiger partial charge in [-0.15, -0.1) is 11.3 Å². The van der Waals surface area contributed by atoms with Crippen molar-refractivity contribution in [2.45, 2.75) is 26.8 Å². The SMILES string of the molecule is CC(C)CCNC(N)=NCc1csc2ccccc12. The third kappa shape index (κ3) is 3.96. The fourth-order valence-electron chi connectivity index (χ4n) is 1.87. The minimum atomic E-state index is 0.538. The van der Waals surface area contributed by atoms with Crippen LogP contribution in [0.5, 0.6) is 0 Å². The Kier molecular flexibility index (Phi) is 4.80. The highest BCUT2D eigenvalue weighted by Crippen LogP contribution is 2.25. The number of nitrogens with zero attached hydrogens (tertiary/aromatic N) is 1. The van der Waals surface area contributed by atoms with Crippen LogP contribution in [0.4, 0.5) is 0 Å². The summed E-state index contributed by atoms with van der Waals surface area (Å²) < 4.78 is 1.30. The number of aliphatic imine (C=N–C) groups is 1. The molecule has 2 aromatic rings. The second kappa shape index (κ2) is 6.57. The van der Waals surface area contributed by atoms with Gasteiger partial charge in [0.15, 0.2) is 5.96 Å². The van der Waals surface area contributed by atoms with E-state index in [0.717, 1.165) is 13.0 Å². The van der Waals surface area contributed by atoms with Crippen LogP contribution in [-0.2, 0) is 6.54 Å². The van der Waals surface area contributed by atoms with Crippen molar-refractivity contribution in [1.29, 1.82) is 0 Å². The number of hydrogen-bond acceptors (Lipinski definition) is 2. The molecule has 3 N–H and O–H groups in total. The van der Waals surface area contributed by atoms with Crippen molar-refractivity contribution >= 4 is 27.4 Å². The third-order valence-corrected chi connectivity index (χ3v) is 4.02. The van der Waals surface area contributed by atoms with E-state index in [4.69, 9.17) is 5.73 Å². The molecule has 1 aromatic heterocycles. The number of guanidine groups is 1. The Balaban J connectivity index is 1.94. The van der Waals surface area contributed by atoms with Crippen LogP contribution in [0.25, 0.3) is 10.1 Å². The lowest BCUT2D eigenvalue weighted by Gasteiger charge is -2.07. The zero-order valence-electron chi connectivity index (χ0n) is 11.5. The van der Waals surface area contributed by atoms with Gasteiger partial charge in [-0.2, -0.15) is 0 Å². The van der Waals surface area contributed by atoms with Crippen molar-refractivity contribution in [1.82, 2.24) is 5.32 Å². The highest BCUT2D eigenvalue weighted by Gasteiger charge is 2.02. The number of benzene rings is 1. The Hall–Kier alpha value is -1.55. The van der Waals surface area contributed by atoms with E-state index in [0.29, 0.717) is 18.4 Å². The average Bonchev–Trinajstić information content (AvgIpc) is 2.79. The fourth-order valence-corrected chi connectivity index (χ4v) is 2.82. The molecule has 0 radical (unpaired) electrons. The minimum absolute atomic E-state index is 0.538. The molecular weight excluding hydrogens is 254 g/mol. The Morgan fingerprint density at radius 2 is 2.16 bits per heavy atom. The monoisotopic (exact) mass is 275 g/mol. The highest BCUT2D eigenvalue weighted by molar-refractivity contribution is 7.17. The maximum Gasteiger partial charge on any atom is 0.188 e. The second-order valence-corrected chi connectivity index (χ2v) is 5.98. The molecule has 0 atom stereocenters. The van der Waals surface area contributed by atoms with E-state index in [1.54, 1.807) is 11.3 Å². The van der Waals surface area contributed by atoms with E-state index in [1.807, 2.05) is 0 Å². The molecule has 0 amide bonds. The summed E-state index contributed by atoms with van der Waals surface area (Å²) in [6, 6.07) is 8.40. The van der Waals surface area contributed by atoms with Crippen LogP contribution < -0.4 is 11.1 Å². The number of rotatable bonds is 5. The van der Waals surface area contributed by atoms with Crippen molar-refractivity contribution in [2.24, 2.45) is 16.6 Å². The molecule has 0 spiro atoms. The van der Waals surface area contributed by atoms with Gasteiger partial charge in [-0.3, -0.25) is 0 Å². The predicted octanol–water partition coefficient (Wildman–Crippen LogP) is 3.35. The lowest BCUT2D eigenvalue weighted by molar-refractivity contribution is 0.576. The van der Waals surface area contributed by atoms with Gasteiger partial charge in [-0.25, -0.2) is 4.99 Å². The molecule has 1 heterocycles. The molecule has 19 heavy (non-hydrogen) atoms. The van der Waals surface area contributed by atoms with Crippen LogP contribution in [0.1, 0.15) is 25.8 Å². The molecule has 0 aliphatic heterocycles. The number of thiophene rings is 1. The standard InChI is InChI=1S/C15H21N3S/c1-11(2)7-8-17-15(16)18-9-12-10-19-14-6-4-3-5-13(12)14/h3-6,10-11H,7-9H2,1-2H3,(H3,16,17,18). The van der Waals surface area contributed by atoms with Gasteiger partial charge >= 0.3 is 0 Å². The zero-order chi connectivity index (χ0) is 13.7. The highest BCUT2D eigenvalue weighted by atomic mass is 32.1. The normalized spacial score (nSPS) is 12.3. The van der Waals surface area contributed by atoms with Crippen molar-refractivity contribution in [3.8, 4) is 0 Å². The van der Waals surface area contributed by atoms with Crippen LogP contribution >= 0.6 is 11.3 Å². The van der Waals surface area contributed by atoms with Crippen molar-refractivity contribution in [3.63, 3.8) is 0 Å². The van der Waals surface area contributed by atoms with Gasteiger partial charge in [0.1, 0.15) is 0 Å². The molecule has 2 rings (SSSR count). The van der Waals surface area contributed by atoms with Gasteiger partial charge in [0.25, 0.3) is 0 Å². The van der Waals surface area contributed by atoms with Crippen molar-refractivity contribution < 1.29 is 0 Å². The average molecular weight is 275 g/mol. The Bertz CT molecular complexity index is 557. The first kappa shape index (κ1) is 13.9. The largest absolute Gasteiger partial charge is 0.370 e. The third-order valence-electron chi connectivity index (χ3n) is 3.01. The zero-order valence-corrected chi connectivity index (χ0v) is 12.3. The molecule has 0 saturated heterocycles. The molecule has 1 aromatic carbocycles. The quantitative estimate of drug-likeness (QED) is 0.649. The van der Waals surface area contributed by atoms with Crippen molar-refractivity contribution in [2.75, 3.05) is 6.54 Å². The Morgan fingerprint density at radius 3 is 2.95 bits per heavy atom. The van der Waals surface area contributed by atoms with Gasteiger partial charge in [-0.1, -0.05) is 32.0 Å². The second-order valence-electron chi connectivity index (χ2n) is 5.07. The first-order valence-electron chi connectivity index (χ1n) is 6.65. The van der Waals surface area contributed by atoms with Gasteiger partial charge in [0.2, 0.25) is 0 Å². The maximum atomic E-state index is 5.86. The minimum Gasteiger partial charge on any atom is -0.370 e. The maximum absolute atomic E-state index is 5.86. The lowest BCUT2D eigenvalue weighted by atomic mass is 10.1. The van der Waals surface area contributed by atoms with Crippen LogP contribution in [0, 0.1) is 5.92 Å². The number of nitrogens with two attached hydrogens (primary N) is 1. The number of fused-ring (bicyclic) bond motifs is 1.